The van der Waals surface area contributed by atoms with E-state index in [2.05, 4.69) is 10.5 Å². The number of hydrazone groups is 1. The highest BCUT2D eigenvalue weighted by Crippen LogP contribution is 2.29. The molecule has 0 bridgehead atoms. The van der Waals surface area contributed by atoms with E-state index in [4.69, 9.17) is 16.4 Å². The van der Waals surface area contributed by atoms with Crippen LogP contribution in [0.3, 0.4) is 0 Å². The summed E-state index contributed by atoms with van der Waals surface area (Å²) >= 11 is 0. The summed E-state index contributed by atoms with van der Waals surface area (Å²) in [5.74, 6) is -1.88. The molecule has 4 N–H and O–H groups in total. The minimum absolute atomic E-state index is 0.291. The number of amidine groups is 1. The van der Waals surface area contributed by atoms with Gasteiger partial charge in [-0.05, 0) is 23.8 Å². The fourth-order valence-corrected chi connectivity index (χ4v) is 1.80. The topological polar surface area (TPSA) is 98.0 Å². The molecule has 110 valence electrons. The highest BCUT2D eigenvalue weighted by molar-refractivity contribution is 6.45. The zero-order valence-electron chi connectivity index (χ0n) is 11.3. The maximum absolute atomic E-state index is 13.3. The standard InChI is InChI=1S/C15H11F2N5/c16-10-5-9(6-11(17)7-10)12-3-1-2-4-13(12)21-22-14(8-18)15(19)20/h1-7,21H,(H3,19,20)/b22-14+. The van der Waals surface area contributed by atoms with Crippen molar-refractivity contribution in [3.05, 3.63) is 54.1 Å². The third kappa shape index (κ3) is 3.43. The van der Waals surface area contributed by atoms with Gasteiger partial charge in [0.05, 0.1) is 5.69 Å². The summed E-state index contributed by atoms with van der Waals surface area (Å²) in [4.78, 5) is 0. The lowest BCUT2D eigenvalue weighted by molar-refractivity contribution is 0.584. The summed E-state index contributed by atoms with van der Waals surface area (Å²) in [5.41, 5.74) is 8.71. The molecule has 0 spiro atoms. The third-order valence-electron chi connectivity index (χ3n) is 2.75. The van der Waals surface area contributed by atoms with Crippen LogP contribution >= 0.6 is 0 Å². The van der Waals surface area contributed by atoms with E-state index in [0.29, 0.717) is 16.8 Å². The Hall–Kier alpha value is -3.27. The third-order valence-corrected chi connectivity index (χ3v) is 2.75. The second-order valence-electron chi connectivity index (χ2n) is 4.30. The predicted octanol–water partition coefficient (Wildman–Crippen LogP) is 2.86. The summed E-state index contributed by atoms with van der Waals surface area (Å²) in [6.45, 7) is 0. The Morgan fingerprint density at radius 1 is 1.18 bits per heavy atom. The first-order valence-electron chi connectivity index (χ1n) is 6.15. The molecular formula is C15H11F2N5. The molecule has 22 heavy (non-hydrogen) atoms. The van der Waals surface area contributed by atoms with E-state index in [1.165, 1.54) is 12.1 Å². The van der Waals surface area contributed by atoms with Gasteiger partial charge < -0.3 is 5.73 Å². The lowest BCUT2D eigenvalue weighted by Gasteiger charge is -2.09. The summed E-state index contributed by atoms with van der Waals surface area (Å²) < 4.78 is 26.7. The van der Waals surface area contributed by atoms with Gasteiger partial charge in [0.25, 0.3) is 0 Å². The van der Waals surface area contributed by atoms with Crippen LogP contribution in [0.5, 0.6) is 0 Å². The molecule has 2 aromatic carbocycles. The van der Waals surface area contributed by atoms with Gasteiger partial charge in [-0.2, -0.15) is 10.4 Å². The number of anilines is 1. The lowest BCUT2D eigenvalue weighted by atomic mass is 10.0. The summed E-state index contributed by atoms with van der Waals surface area (Å²) in [7, 11) is 0. The molecule has 5 nitrogen and oxygen atoms in total. The molecule has 2 aromatic rings. The van der Waals surface area contributed by atoms with E-state index in [0.717, 1.165) is 6.07 Å². The molecule has 0 fully saturated rings. The second kappa shape index (κ2) is 6.45. The molecule has 0 heterocycles. The van der Waals surface area contributed by atoms with E-state index in [-0.39, 0.29) is 5.71 Å². The fraction of sp³-hybridized carbons (Fsp3) is 0. The highest BCUT2D eigenvalue weighted by Gasteiger charge is 2.08. The van der Waals surface area contributed by atoms with Crippen LogP contribution in [-0.4, -0.2) is 11.5 Å². The van der Waals surface area contributed by atoms with Crippen molar-refractivity contribution in [2.45, 2.75) is 0 Å². The van der Waals surface area contributed by atoms with Crippen LogP contribution in [-0.2, 0) is 0 Å². The Morgan fingerprint density at radius 3 is 2.41 bits per heavy atom. The molecule has 0 aliphatic heterocycles. The summed E-state index contributed by atoms with van der Waals surface area (Å²) in [6.07, 6.45) is 0. The van der Waals surface area contributed by atoms with Gasteiger partial charge in [0, 0.05) is 11.6 Å². The average Bonchev–Trinajstić information content (AvgIpc) is 2.47. The zero-order chi connectivity index (χ0) is 16.1. The quantitative estimate of drug-likeness (QED) is 0.460. The average molecular weight is 299 g/mol. The number of rotatable bonds is 4. The van der Waals surface area contributed by atoms with Crippen LogP contribution in [0.15, 0.2) is 47.6 Å². The van der Waals surface area contributed by atoms with Gasteiger partial charge in [-0.25, -0.2) is 8.78 Å². The first-order valence-corrected chi connectivity index (χ1v) is 6.15. The van der Waals surface area contributed by atoms with Crippen LogP contribution in [0, 0.1) is 28.4 Å². The van der Waals surface area contributed by atoms with Crippen molar-refractivity contribution < 1.29 is 8.78 Å². The number of nitrogens with two attached hydrogens (primary N) is 1. The van der Waals surface area contributed by atoms with Crippen LogP contribution in [0.25, 0.3) is 11.1 Å². The molecule has 0 aliphatic carbocycles. The number of hydrogen-bond acceptors (Lipinski definition) is 4. The van der Waals surface area contributed by atoms with E-state index < -0.39 is 17.5 Å². The van der Waals surface area contributed by atoms with Gasteiger partial charge >= 0.3 is 0 Å². The van der Waals surface area contributed by atoms with Crippen molar-refractivity contribution in [3.63, 3.8) is 0 Å². The van der Waals surface area contributed by atoms with E-state index in [1.54, 1.807) is 30.3 Å². The van der Waals surface area contributed by atoms with Crippen LogP contribution in [0.4, 0.5) is 14.5 Å². The molecule has 0 unspecified atom stereocenters. The van der Waals surface area contributed by atoms with Crippen molar-refractivity contribution in [1.29, 1.82) is 10.7 Å². The van der Waals surface area contributed by atoms with Gasteiger partial charge in [0.15, 0.2) is 5.84 Å². The Bertz CT molecular complexity index is 773. The molecule has 0 aromatic heterocycles. The molecule has 0 amide bonds. The number of hydrogen-bond donors (Lipinski definition) is 3. The van der Waals surface area contributed by atoms with Crippen molar-refractivity contribution >= 4 is 17.2 Å². The predicted molar refractivity (Wildman–Crippen MR) is 80.4 cm³/mol. The van der Waals surface area contributed by atoms with Gasteiger partial charge in [-0.3, -0.25) is 10.8 Å². The minimum atomic E-state index is -0.699. The Kier molecular flexibility index (Phi) is 4.44. The van der Waals surface area contributed by atoms with Crippen molar-refractivity contribution in [1.82, 2.24) is 0 Å². The fourth-order valence-electron chi connectivity index (χ4n) is 1.80. The Labute approximate surface area is 125 Å². The summed E-state index contributed by atoms with van der Waals surface area (Å²) in [5, 5.41) is 19.7. The first kappa shape index (κ1) is 15.1. The number of benzene rings is 2. The molecule has 0 saturated carbocycles. The van der Waals surface area contributed by atoms with Crippen molar-refractivity contribution in [2.75, 3.05) is 5.43 Å². The number of nitriles is 1. The summed E-state index contributed by atoms with van der Waals surface area (Å²) in [6, 6.07) is 11.5. The van der Waals surface area contributed by atoms with E-state index >= 15 is 0 Å². The van der Waals surface area contributed by atoms with Gasteiger partial charge in [-0.15, -0.1) is 0 Å². The zero-order valence-corrected chi connectivity index (χ0v) is 11.3. The minimum Gasteiger partial charge on any atom is -0.382 e. The number of halogens is 2. The highest BCUT2D eigenvalue weighted by atomic mass is 19.1. The molecular weight excluding hydrogens is 288 g/mol. The molecule has 7 heteroatoms. The second-order valence-corrected chi connectivity index (χ2v) is 4.30. The van der Waals surface area contributed by atoms with Crippen LogP contribution < -0.4 is 11.2 Å². The van der Waals surface area contributed by atoms with Crippen molar-refractivity contribution in [3.8, 4) is 17.2 Å². The number of nitrogens with one attached hydrogen (secondary N) is 2. The normalized spacial score (nSPS) is 10.9. The monoisotopic (exact) mass is 299 g/mol. The lowest BCUT2D eigenvalue weighted by Crippen LogP contribution is -2.21. The molecule has 0 saturated heterocycles. The molecule has 0 radical (unpaired) electrons. The SMILES string of the molecule is N#C/C(=N\Nc1ccccc1-c1cc(F)cc(F)c1)C(=N)N. The smallest absolute Gasteiger partial charge is 0.201 e. The largest absolute Gasteiger partial charge is 0.382 e. The number of nitrogens with zero attached hydrogens (tertiary/aromatic N) is 2. The Balaban J connectivity index is 2.43. The van der Waals surface area contributed by atoms with Crippen LogP contribution in [0.1, 0.15) is 0 Å². The van der Waals surface area contributed by atoms with Gasteiger partial charge in [-0.1, -0.05) is 18.2 Å². The molecule has 0 atom stereocenters. The maximum Gasteiger partial charge on any atom is 0.201 e. The molecule has 2 rings (SSSR count). The maximum atomic E-state index is 13.3. The number of para-hydroxylation sites is 1. The van der Waals surface area contributed by atoms with E-state index in [9.17, 15) is 8.78 Å². The van der Waals surface area contributed by atoms with Gasteiger partial charge in [0.2, 0.25) is 5.71 Å². The van der Waals surface area contributed by atoms with Crippen molar-refractivity contribution in [2.24, 2.45) is 10.8 Å². The van der Waals surface area contributed by atoms with Gasteiger partial charge in [0.1, 0.15) is 17.7 Å². The molecule has 0 aliphatic rings. The van der Waals surface area contributed by atoms with E-state index in [1.807, 2.05) is 0 Å². The Morgan fingerprint density at radius 2 is 1.82 bits per heavy atom. The first-order chi connectivity index (χ1) is 10.5. The van der Waals surface area contributed by atoms with Crippen LogP contribution in [0.2, 0.25) is 0 Å².